The van der Waals surface area contributed by atoms with Crippen LogP contribution >= 0.6 is 11.8 Å². The third kappa shape index (κ3) is 5.39. The lowest BCUT2D eigenvalue weighted by Gasteiger charge is -2.09. The number of carbonyl (C=O) groups excluding carboxylic acids is 1. The number of thioether (sulfide) groups is 1. The predicted octanol–water partition coefficient (Wildman–Crippen LogP) is 3.93. The van der Waals surface area contributed by atoms with Crippen LogP contribution in [0.25, 0.3) is 0 Å². The smallest absolute Gasteiger partial charge is 0.234 e. The fourth-order valence-corrected chi connectivity index (χ4v) is 3.00. The number of nitrogens with zero attached hydrogens (tertiary/aromatic N) is 3. The Labute approximate surface area is 141 Å². The number of hydrogen-bond acceptors (Lipinski definition) is 4. The van der Waals surface area contributed by atoms with Crippen LogP contribution in [0.5, 0.6) is 0 Å². The van der Waals surface area contributed by atoms with Crippen molar-refractivity contribution < 1.29 is 4.79 Å². The van der Waals surface area contributed by atoms with Crippen LogP contribution in [0.3, 0.4) is 0 Å². The topological polar surface area (TPSA) is 59.8 Å². The Kier molecular flexibility index (Phi) is 6.65. The average molecular weight is 332 g/mol. The average Bonchev–Trinajstić information content (AvgIpc) is 3.01. The molecule has 6 heteroatoms. The van der Waals surface area contributed by atoms with Crippen LogP contribution in [0.1, 0.15) is 45.2 Å². The number of hydrogen-bond donors (Lipinski definition) is 1. The van der Waals surface area contributed by atoms with Gasteiger partial charge in [0.2, 0.25) is 5.91 Å². The summed E-state index contributed by atoms with van der Waals surface area (Å²) in [5, 5.41) is 11.6. The van der Waals surface area contributed by atoms with E-state index < -0.39 is 0 Å². The summed E-state index contributed by atoms with van der Waals surface area (Å²) in [6.45, 7) is 6.31. The van der Waals surface area contributed by atoms with Gasteiger partial charge in [-0.1, -0.05) is 37.2 Å². The number of nitrogens with one attached hydrogen (secondary N) is 1. The second kappa shape index (κ2) is 8.72. The van der Waals surface area contributed by atoms with E-state index in [1.54, 1.807) is 6.33 Å². The monoisotopic (exact) mass is 332 g/mol. The van der Waals surface area contributed by atoms with E-state index in [2.05, 4.69) is 48.4 Å². The van der Waals surface area contributed by atoms with Gasteiger partial charge in [-0.15, -0.1) is 10.2 Å². The van der Waals surface area contributed by atoms with Crippen LogP contribution in [-0.2, 0) is 11.2 Å². The van der Waals surface area contributed by atoms with Gasteiger partial charge in [0.05, 0.1) is 5.75 Å². The quantitative estimate of drug-likeness (QED) is 0.744. The summed E-state index contributed by atoms with van der Waals surface area (Å²) in [6.07, 6.45) is 5.17. The molecule has 0 saturated carbocycles. The van der Waals surface area contributed by atoms with Gasteiger partial charge in [-0.2, -0.15) is 0 Å². The minimum atomic E-state index is -0.0328. The van der Waals surface area contributed by atoms with Crippen molar-refractivity contribution in [1.82, 2.24) is 14.8 Å². The molecule has 0 aliphatic rings. The van der Waals surface area contributed by atoms with Crippen LogP contribution in [-0.4, -0.2) is 26.4 Å². The highest BCUT2D eigenvalue weighted by molar-refractivity contribution is 7.99. The van der Waals surface area contributed by atoms with Crippen LogP contribution in [0.15, 0.2) is 35.7 Å². The fraction of sp³-hybridized carbons (Fsp3) is 0.471. The molecule has 0 unspecified atom stereocenters. The van der Waals surface area contributed by atoms with Gasteiger partial charge in [0.25, 0.3) is 0 Å². The van der Waals surface area contributed by atoms with E-state index in [1.165, 1.54) is 30.2 Å². The second-order valence-electron chi connectivity index (χ2n) is 5.75. The Balaban J connectivity index is 1.83. The summed E-state index contributed by atoms with van der Waals surface area (Å²) >= 11 is 1.40. The lowest BCUT2D eigenvalue weighted by atomic mass is 10.1. The highest BCUT2D eigenvalue weighted by Gasteiger charge is 2.10. The van der Waals surface area contributed by atoms with Gasteiger partial charge in [-0.05, 0) is 44.4 Å². The second-order valence-corrected chi connectivity index (χ2v) is 6.69. The van der Waals surface area contributed by atoms with Crippen molar-refractivity contribution in [2.45, 2.75) is 51.2 Å². The SMILES string of the molecule is CCCCc1ccc(NC(=O)CSc2nncn2C(C)C)cc1. The number of carbonyl (C=O) groups is 1. The minimum absolute atomic E-state index is 0.0328. The first-order chi connectivity index (χ1) is 11.1. The molecule has 0 fully saturated rings. The number of anilines is 1. The lowest BCUT2D eigenvalue weighted by molar-refractivity contribution is -0.113. The van der Waals surface area contributed by atoms with Gasteiger partial charge in [0, 0.05) is 11.7 Å². The van der Waals surface area contributed by atoms with Gasteiger partial charge in [0.1, 0.15) is 6.33 Å². The first-order valence-electron chi connectivity index (χ1n) is 8.01. The Morgan fingerprint density at radius 2 is 2.04 bits per heavy atom. The fourth-order valence-electron chi connectivity index (χ4n) is 2.15. The van der Waals surface area contributed by atoms with Crippen molar-refractivity contribution >= 4 is 23.4 Å². The Morgan fingerprint density at radius 1 is 1.30 bits per heavy atom. The molecular weight excluding hydrogens is 308 g/mol. The van der Waals surface area contributed by atoms with Gasteiger partial charge in [0.15, 0.2) is 5.16 Å². The van der Waals surface area contributed by atoms with Crippen LogP contribution in [0, 0.1) is 0 Å². The Bertz CT molecular complexity index is 622. The summed E-state index contributed by atoms with van der Waals surface area (Å²) in [4.78, 5) is 12.1. The Morgan fingerprint density at radius 3 is 2.70 bits per heavy atom. The summed E-state index contributed by atoms with van der Waals surface area (Å²) in [5.74, 6) is 0.290. The van der Waals surface area contributed by atoms with E-state index >= 15 is 0 Å². The van der Waals surface area contributed by atoms with Crippen molar-refractivity contribution in [2.75, 3.05) is 11.1 Å². The van der Waals surface area contributed by atoms with Gasteiger partial charge in [-0.25, -0.2) is 0 Å². The number of benzene rings is 1. The molecule has 5 nitrogen and oxygen atoms in total. The Hall–Kier alpha value is -1.82. The van der Waals surface area contributed by atoms with E-state index in [-0.39, 0.29) is 11.9 Å². The molecule has 124 valence electrons. The minimum Gasteiger partial charge on any atom is -0.325 e. The molecule has 1 aromatic heterocycles. The van der Waals surface area contributed by atoms with Crippen molar-refractivity contribution in [1.29, 1.82) is 0 Å². The number of unbranched alkanes of at least 4 members (excludes halogenated alkanes) is 1. The molecular formula is C17H24N4OS. The number of amides is 1. The van der Waals surface area contributed by atoms with Crippen molar-refractivity contribution in [3.8, 4) is 0 Å². The molecule has 2 aromatic rings. The van der Waals surface area contributed by atoms with Gasteiger partial charge in [-0.3, -0.25) is 4.79 Å². The molecule has 0 saturated heterocycles. The third-order valence-electron chi connectivity index (χ3n) is 3.49. The van der Waals surface area contributed by atoms with Crippen LogP contribution in [0.4, 0.5) is 5.69 Å². The van der Waals surface area contributed by atoms with E-state index in [4.69, 9.17) is 0 Å². The van der Waals surface area contributed by atoms with E-state index in [0.717, 1.165) is 17.3 Å². The zero-order valence-electron chi connectivity index (χ0n) is 14.0. The molecule has 1 aromatic carbocycles. The zero-order chi connectivity index (χ0) is 16.7. The highest BCUT2D eigenvalue weighted by atomic mass is 32.2. The van der Waals surface area contributed by atoms with Gasteiger partial charge >= 0.3 is 0 Å². The van der Waals surface area contributed by atoms with Crippen molar-refractivity contribution in [3.05, 3.63) is 36.2 Å². The van der Waals surface area contributed by atoms with Crippen LogP contribution in [0.2, 0.25) is 0 Å². The maximum Gasteiger partial charge on any atom is 0.234 e. The van der Waals surface area contributed by atoms with E-state index in [9.17, 15) is 4.79 Å². The number of aryl methyl sites for hydroxylation is 1. The molecule has 2 rings (SSSR count). The van der Waals surface area contributed by atoms with Crippen molar-refractivity contribution in [3.63, 3.8) is 0 Å². The third-order valence-corrected chi connectivity index (χ3v) is 4.44. The molecule has 1 heterocycles. The lowest BCUT2D eigenvalue weighted by Crippen LogP contribution is -2.14. The first-order valence-corrected chi connectivity index (χ1v) is 8.99. The molecule has 0 atom stereocenters. The summed E-state index contributed by atoms with van der Waals surface area (Å²) < 4.78 is 1.96. The zero-order valence-corrected chi connectivity index (χ0v) is 14.8. The molecule has 0 radical (unpaired) electrons. The molecule has 0 aliphatic carbocycles. The molecule has 0 aliphatic heterocycles. The highest BCUT2D eigenvalue weighted by Crippen LogP contribution is 2.19. The van der Waals surface area contributed by atoms with Gasteiger partial charge < -0.3 is 9.88 Å². The molecule has 1 N–H and O–H groups in total. The number of rotatable bonds is 8. The molecule has 1 amide bonds. The maximum absolute atomic E-state index is 12.1. The summed E-state index contributed by atoms with van der Waals surface area (Å²) in [7, 11) is 0. The molecule has 0 bridgehead atoms. The normalized spacial score (nSPS) is 11.0. The summed E-state index contributed by atoms with van der Waals surface area (Å²) in [6, 6.07) is 8.36. The first kappa shape index (κ1) is 17.5. The number of aromatic nitrogens is 3. The maximum atomic E-state index is 12.1. The summed E-state index contributed by atoms with van der Waals surface area (Å²) in [5.41, 5.74) is 2.14. The largest absolute Gasteiger partial charge is 0.325 e. The van der Waals surface area contributed by atoms with Crippen molar-refractivity contribution in [2.24, 2.45) is 0 Å². The predicted molar refractivity (Wildman–Crippen MR) is 94.8 cm³/mol. The van der Waals surface area contributed by atoms with E-state index in [0.29, 0.717) is 5.75 Å². The van der Waals surface area contributed by atoms with E-state index in [1.807, 2.05) is 16.7 Å². The standard InChI is InChI=1S/C17H24N4OS/c1-4-5-6-14-7-9-15(10-8-14)19-16(22)11-23-17-20-18-12-21(17)13(2)3/h7-10,12-13H,4-6,11H2,1-3H3,(H,19,22). The molecule has 0 spiro atoms. The molecule has 23 heavy (non-hydrogen) atoms. The van der Waals surface area contributed by atoms with Crippen LogP contribution < -0.4 is 5.32 Å².